The van der Waals surface area contributed by atoms with Crippen LogP contribution in [0.25, 0.3) is 10.2 Å². The number of aromatic nitrogens is 1. The molecule has 0 spiro atoms. The maximum atomic E-state index is 11.2. The number of nitrogens with zero attached hydrogens (tertiary/aromatic N) is 2. The van der Waals surface area contributed by atoms with Gasteiger partial charge in [0, 0.05) is 17.7 Å². The summed E-state index contributed by atoms with van der Waals surface area (Å²) in [7, 11) is 0. The van der Waals surface area contributed by atoms with Crippen LogP contribution in [0.2, 0.25) is 0 Å². The van der Waals surface area contributed by atoms with E-state index in [1.54, 1.807) is 17.6 Å². The van der Waals surface area contributed by atoms with Gasteiger partial charge in [-0.15, -0.1) is 0 Å². The monoisotopic (exact) mass is 665 g/mol. The summed E-state index contributed by atoms with van der Waals surface area (Å²) in [6.07, 6.45) is 14.5. The van der Waals surface area contributed by atoms with Gasteiger partial charge in [0.05, 0.1) is 23.0 Å². The number of fused-ring (bicyclic) bond motifs is 1. The number of carbonyl (C=O) groups is 1. The summed E-state index contributed by atoms with van der Waals surface area (Å²) in [6.45, 7) is 7.02. The van der Waals surface area contributed by atoms with Gasteiger partial charge in [-0.2, -0.15) is 5.10 Å². The molecule has 0 atom stereocenters. The van der Waals surface area contributed by atoms with Crippen LogP contribution >= 0.6 is 11.3 Å². The number of para-hydroxylation sites is 1. The van der Waals surface area contributed by atoms with E-state index in [4.69, 9.17) is 14.9 Å². The highest BCUT2D eigenvalue weighted by Crippen LogP contribution is 2.38. The number of unbranched alkanes of at least 4 members (excludes halogenated alkanes) is 3. The Morgan fingerprint density at radius 2 is 1.83 bits per heavy atom. The molecule has 0 radical (unpaired) electrons. The van der Waals surface area contributed by atoms with Crippen molar-refractivity contribution in [2.24, 2.45) is 11.0 Å². The molecule has 1 aromatic heterocycles. The van der Waals surface area contributed by atoms with E-state index in [1.807, 2.05) is 48.5 Å². The second-order valence-corrected chi connectivity index (χ2v) is 13.4. The van der Waals surface area contributed by atoms with Gasteiger partial charge in [0.1, 0.15) is 11.5 Å². The van der Waals surface area contributed by atoms with Crippen LogP contribution in [0, 0.1) is 11.3 Å². The zero-order valence-electron chi connectivity index (χ0n) is 27.9. The second-order valence-electron chi connectivity index (χ2n) is 12.4. The Kier molecular flexibility index (Phi) is 13.2. The molecule has 1 aliphatic rings. The summed E-state index contributed by atoms with van der Waals surface area (Å²) in [4.78, 5) is 15.8. The van der Waals surface area contributed by atoms with E-state index < -0.39 is 0 Å². The maximum absolute atomic E-state index is 11.2. The summed E-state index contributed by atoms with van der Waals surface area (Å²) in [5.41, 5.74) is 6.82. The molecule has 8 nitrogen and oxygen atoms in total. The number of ether oxygens (including phenoxy) is 2. The predicted octanol–water partition coefficient (Wildman–Crippen LogP) is 9.46. The third kappa shape index (κ3) is 10.2. The lowest BCUT2D eigenvalue weighted by molar-refractivity contribution is -0.116. The molecule has 1 aliphatic carbocycles. The highest BCUT2D eigenvalue weighted by atomic mass is 32.1. The minimum Gasteiger partial charge on any atom is -0.494 e. The van der Waals surface area contributed by atoms with Crippen molar-refractivity contribution in [3.8, 4) is 11.5 Å². The Morgan fingerprint density at radius 1 is 1.04 bits per heavy atom. The predicted molar refractivity (Wildman–Crippen MR) is 198 cm³/mol. The lowest BCUT2D eigenvalue weighted by atomic mass is 9.77. The largest absolute Gasteiger partial charge is 0.494 e. The zero-order valence-corrected chi connectivity index (χ0v) is 28.7. The third-order valence-corrected chi connectivity index (χ3v) is 9.80. The number of thiazole rings is 1. The molecule has 0 aliphatic heterocycles. The minimum absolute atomic E-state index is 0.0618. The lowest BCUT2D eigenvalue weighted by Crippen LogP contribution is -2.21. The molecule has 0 saturated heterocycles. The van der Waals surface area contributed by atoms with Gasteiger partial charge < -0.3 is 14.8 Å². The van der Waals surface area contributed by atoms with Crippen molar-refractivity contribution in [1.82, 2.24) is 10.3 Å². The molecule has 3 N–H and O–H groups in total. The molecule has 1 fully saturated rings. The number of anilines is 1. The Labute approximate surface area is 288 Å². The van der Waals surface area contributed by atoms with E-state index in [-0.39, 0.29) is 11.8 Å². The van der Waals surface area contributed by atoms with Crippen LogP contribution in [0.5, 0.6) is 11.5 Å². The molecule has 0 bridgehead atoms. The Balaban J connectivity index is 1.19. The van der Waals surface area contributed by atoms with Gasteiger partial charge in [0.25, 0.3) is 0 Å². The molecular weight excluding hydrogens is 619 g/mol. The smallest absolute Gasteiger partial charge is 0.243 e. The van der Waals surface area contributed by atoms with E-state index in [2.05, 4.69) is 52.5 Å². The van der Waals surface area contributed by atoms with E-state index in [0.29, 0.717) is 30.4 Å². The summed E-state index contributed by atoms with van der Waals surface area (Å²) in [5, 5.41) is 16.8. The normalized spacial score (nSPS) is 16.1. The molecule has 252 valence electrons. The van der Waals surface area contributed by atoms with Crippen LogP contribution in [0.15, 0.2) is 84.5 Å². The standard InChI is InChI=1S/C39H47N5O3S/c1-3-11-28-14-16-29(17-15-28)31-20-23-35(32(26-31)27-42-44-39-43-34-12-7-8-13-36(34)48-39)47-38(40)30-18-21-33(22-19-30)46-25-10-6-5-9-24-41-37(45)4-2/h4,7-8,12-13,18-23,26-29,40H,2-3,5-6,9-11,14-17,24-25H2,1H3,(H,41,45)(H,43,44)/b40-38?,42-27+. The molecule has 3 aromatic carbocycles. The van der Waals surface area contributed by atoms with Crippen LogP contribution < -0.4 is 20.2 Å². The SMILES string of the molecule is C=CC(=O)NCCCCCCOc1ccc(C(=N)Oc2ccc(C3CCC(CCC)CC3)cc2/C=N/Nc2nc3ccccc3s2)cc1. The lowest BCUT2D eigenvalue weighted by Gasteiger charge is -2.29. The average molecular weight is 666 g/mol. The zero-order chi connectivity index (χ0) is 33.6. The van der Waals surface area contributed by atoms with Crippen molar-refractivity contribution in [3.63, 3.8) is 0 Å². The number of carbonyl (C=O) groups excluding carboxylic acids is 1. The number of amides is 1. The Morgan fingerprint density at radius 3 is 2.60 bits per heavy atom. The van der Waals surface area contributed by atoms with E-state index in [0.717, 1.165) is 58.3 Å². The first-order chi connectivity index (χ1) is 23.5. The van der Waals surface area contributed by atoms with Crippen molar-refractivity contribution in [2.75, 3.05) is 18.6 Å². The van der Waals surface area contributed by atoms with Crippen molar-refractivity contribution in [1.29, 1.82) is 5.41 Å². The fraction of sp³-hybridized carbons (Fsp3) is 0.385. The molecule has 9 heteroatoms. The first-order valence-corrected chi connectivity index (χ1v) is 18.0. The van der Waals surface area contributed by atoms with E-state index in [9.17, 15) is 4.79 Å². The van der Waals surface area contributed by atoms with Crippen LogP contribution in [-0.4, -0.2) is 36.2 Å². The van der Waals surface area contributed by atoms with Crippen LogP contribution in [-0.2, 0) is 4.79 Å². The number of nitrogens with one attached hydrogen (secondary N) is 3. The number of hydrazone groups is 1. The van der Waals surface area contributed by atoms with Gasteiger partial charge >= 0.3 is 0 Å². The van der Waals surface area contributed by atoms with Gasteiger partial charge in [0.2, 0.25) is 16.9 Å². The summed E-state index contributed by atoms with van der Waals surface area (Å²) in [5.74, 6) is 2.65. The average Bonchev–Trinajstić information content (AvgIpc) is 3.53. The third-order valence-electron chi connectivity index (χ3n) is 8.86. The first kappa shape index (κ1) is 34.8. The molecule has 5 rings (SSSR count). The van der Waals surface area contributed by atoms with Crippen molar-refractivity contribution >= 4 is 44.7 Å². The van der Waals surface area contributed by atoms with Crippen LogP contribution in [0.4, 0.5) is 5.13 Å². The fourth-order valence-electron chi connectivity index (χ4n) is 6.21. The Bertz CT molecular complexity index is 1640. The summed E-state index contributed by atoms with van der Waals surface area (Å²) in [6, 6.07) is 21.8. The highest BCUT2D eigenvalue weighted by molar-refractivity contribution is 7.22. The fourth-order valence-corrected chi connectivity index (χ4v) is 7.03. The van der Waals surface area contributed by atoms with E-state index >= 15 is 0 Å². The van der Waals surface area contributed by atoms with E-state index in [1.165, 1.54) is 50.2 Å². The molecule has 1 amide bonds. The molecule has 0 unspecified atom stereocenters. The van der Waals surface area contributed by atoms with Crippen LogP contribution in [0.3, 0.4) is 0 Å². The molecule has 4 aromatic rings. The van der Waals surface area contributed by atoms with Crippen molar-refractivity contribution in [2.45, 2.75) is 77.0 Å². The molecule has 1 heterocycles. The minimum atomic E-state index is -0.128. The number of benzene rings is 3. The maximum Gasteiger partial charge on any atom is 0.243 e. The van der Waals surface area contributed by atoms with Crippen LogP contribution in [0.1, 0.15) is 93.7 Å². The second kappa shape index (κ2) is 18.2. The summed E-state index contributed by atoms with van der Waals surface area (Å²) >= 11 is 1.56. The highest BCUT2D eigenvalue weighted by Gasteiger charge is 2.23. The molecule has 48 heavy (non-hydrogen) atoms. The molecular formula is C39H47N5O3S. The number of hydrogen-bond acceptors (Lipinski definition) is 8. The summed E-state index contributed by atoms with van der Waals surface area (Å²) < 4.78 is 13.2. The quantitative estimate of drug-likeness (QED) is 0.0342. The van der Waals surface area contributed by atoms with Gasteiger partial charge in [0.15, 0.2) is 0 Å². The van der Waals surface area contributed by atoms with Crippen molar-refractivity contribution < 1.29 is 14.3 Å². The van der Waals surface area contributed by atoms with Gasteiger partial charge in [-0.25, -0.2) is 4.98 Å². The topological polar surface area (TPSA) is 109 Å². The van der Waals surface area contributed by atoms with Gasteiger partial charge in [-0.3, -0.25) is 15.6 Å². The van der Waals surface area contributed by atoms with Gasteiger partial charge in [-0.05, 0) is 111 Å². The Hall–Kier alpha value is -4.50. The number of hydrogen-bond donors (Lipinski definition) is 3. The number of rotatable bonds is 17. The van der Waals surface area contributed by atoms with Gasteiger partial charge in [-0.1, -0.05) is 68.7 Å². The van der Waals surface area contributed by atoms with Crippen molar-refractivity contribution in [3.05, 3.63) is 96.1 Å². The first-order valence-electron chi connectivity index (χ1n) is 17.2. The molecule has 1 saturated carbocycles.